The molecule has 4 nitrogen and oxygen atoms in total. The molecule has 0 amide bonds. The molecule has 0 fully saturated rings. The Labute approximate surface area is 127 Å². The van der Waals surface area contributed by atoms with Gasteiger partial charge in [0.1, 0.15) is 28.8 Å². The molecule has 1 heterocycles. The minimum atomic E-state index is 0.0327. The minimum Gasteiger partial charge on any atom is -0.508 e. The highest BCUT2D eigenvalue weighted by Gasteiger charge is 2.08. The summed E-state index contributed by atoms with van der Waals surface area (Å²) in [6, 6.07) is 15.3. The van der Waals surface area contributed by atoms with E-state index >= 15 is 0 Å². The average Bonchev–Trinajstić information content (AvgIpc) is 2.89. The number of benzene rings is 2. The molecule has 0 spiro atoms. The van der Waals surface area contributed by atoms with E-state index in [1.807, 2.05) is 18.2 Å². The maximum absolute atomic E-state index is 9.80. The first-order valence-electron chi connectivity index (χ1n) is 6.96. The first-order valence-corrected chi connectivity index (χ1v) is 6.96. The van der Waals surface area contributed by atoms with Crippen LogP contribution in [0.5, 0.6) is 17.2 Å². The van der Waals surface area contributed by atoms with E-state index in [1.54, 1.807) is 24.3 Å². The highest BCUT2D eigenvalue weighted by molar-refractivity contribution is 5.40. The Morgan fingerprint density at radius 1 is 0.727 bits per heavy atom. The van der Waals surface area contributed by atoms with Crippen molar-refractivity contribution in [1.29, 1.82) is 0 Å². The lowest BCUT2D eigenvalue weighted by Crippen LogP contribution is -1.87. The molecular weight excluding hydrogens is 280 g/mol. The van der Waals surface area contributed by atoms with E-state index in [2.05, 4.69) is 0 Å². The summed E-state index contributed by atoms with van der Waals surface area (Å²) in [6.07, 6.45) is 1.04. The fraction of sp³-hybridized carbons (Fsp3) is 0.111. The van der Waals surface area contributed by atoms with Crippen molar-refractivity contribution in [2.45, 2.75) is 12.8 Å². The van der Waals surface area contributed by atoms with Crippen molar-refractivity contribution in [3.63, 3.8) is 0 Å². The SMILES string of the molecule is Oc1cccc(Cc2ccc(Cc3ccc(O)cc3O)o2)c1. The van der Waals surface area contributed by atoms with Crippen LogP contribution in [-0.2, 0) is 12.8 Å². The second-order valence-electron chi connectivity index (χ2n) is 5.20. The van der Waals surface area contributed by atoms with Gasteiger partial charge in [-0.3, -0.25) is 0 Å². The number of phenolic OH excluding ortho intramolecular Hbond substituents is 3. The van der Waals surface area contributed by atoms with Crippen LogP contribution in [0, 0.1) is 0 Å². The van der Waals surface area contributed by atoms with Crippen LogP contribution < -0.4 is 0 Å². The zero-order chi connectivity index (χ0) is 15.5. The lowest BCUT2D eigenvalue weighted by Gasteiger charge is -2.03. The van der Waals surface area contributed by atoms with E-state index < -0.39 is 0 Å². The van der Waals surface area contributed by atoms with Crippen LogP contribution >= 0.6 is 0 Å². The van der Waals surface area contributed by atoms with Gasteiger partial charge < -0.3 is 19.7 Å². The molecule has 3 rings (SSSR count). The summed E-state index contributed by atoms with van der Waals surface area (Å²) in [5.74, 6) is 1.84. The van der Waals surface area contributed by atoms with Crippen molar-refractivity contribution in [2.75, 3.05) is 0 Å². The topological polar surface area (TPSA) is 73.8 Å². The first kappa shape index (κ1) is 14.1. The summed E-state index contributed by atoms with van der Waals surface area (Å²) >= 11 is 0. The van der Waals surface area contributed by atoms with Gasteiger partial charge in [0.25, 0.3) is 0 Å². The van der Waals surface area contributed by atoms with Crippen molar-refractivity contribution in [3.05, 3.63) is 77.2 Å². The number of hydrogen-bond donors (Lipinski definition) is 3. The Kier molecular flexibility index (Phi) is 3.74. The Hall–Kier alpha value is -2.88. The molecule has 3 aromatic rings. The molecule has 0 aliphatic heterocycles. The maximum Gasteiger partial charge on any atom is 0.122 e. The number of hydrogen-bond acceptors (Lipinski definition) is 4. The quantitative estimate of drug-likeness (QED) is 0.688. The lowest BCUT2D eigenvalue weighted by atomic mass is 10.1. The molecule has 0 aliphatic rings. The third-order valence-corrected chi connectivity index (χ3v) is 3.44. The number of rotatable bonds is 4. The number of phenols is 3. The molecule has 0 aliphatic carbocycles. The van der Waals surface area contributed by atoms with Crippen LogP contribution in [0.4, 0.5) is 0 Å². The van der Waals surface area contributed by atoms with Crippen LogP contribution in [0.15, 0.2) is 59.0 Å². The molecule has 0 atom stereocenters. The summed E-state index contributed by atoms with van der Waals surface area (Å²) in [5, 5.41) is 28.6. The van der Waals surface area contributed by atoms with Gasteiger partial charge in [0, 0.05) is 24.5 Å². The van der Waals surface area contributed by atoms with Gasteiger partial charge >= 0.3 is 0 Å². The van der Waals surface area contributed by atoms with E-state index in [9.17, 15) is 15.3 Å². The van der Waals surface area contributed by atoms with E-state index in [-0.39, 0.29) is 17.2 Å². The average molecular weight is 296 g/mol. The fourth-order valence-corrected chi connectivity index (χ4v) is 2.37. The summed E-state index contributed by atoms with van der Waals surface area (Å²) < 4.78 is 5.76. The van der Waals surface area contributed by atoms with Crippen molar-refractivity contribution < 1.29 is 19.7 Å². The van der Waals surface area contributed by atoms with Crippen LogP contribution in [0.3, 0.4) is 0 Å². The second-order valence-corrected chi connectivity index (χ2v) is 5.20. The van der Waals surface area contributed by atoms with Crippen LogP contribution in [0.2, 0.25) is 0 Å². The molecule has 0 radical (unpaired) electrons. The predicted molar refractivity (Wildman–Crippen MR) is 82.2 cm³/mol. The first-order chi connectivity index (χ1) is 10.6. The monoisotopic (exact) mass is 296 g/mol. The van der Waals surface area contributed by atoms with Gasteiger partial charge in [-0.25, -0.2) is 0 Å². The Bertz CT molecular complexity index is 789. The van der Waals surface area contributed by atoms with Crippen LogP contribution in [0.1, 0.15) is 22.6 Å². The number of furan rings is 1. The van der Waals surface area contributed by atoms with Crippen molar-refractivity contribution in [1.82, 2.24) is 0 Å². The molecular formula is C18H16O4. The zero-order valence-corrected chi connectivity index (χ0v) is 11.9. The van der Waals surface area contributed by atoms with E-state index in [1.165, 1.54) is 12.1 Å². The molecule has 0 saturated heterocycles. The van der Waals surface area contributed by atoms with Gasteiger partial charge in [0.15, 0.2) is 0 Å². The molecule has 22 heavy (non-hydrogen) atoms. The van der Waals surface area contributed by atoms with Crippen LogP contribution in [0.25, 0.3) is 0 Å². The van der Waals surface area contributed by atoms with E-state index in [0.29, 0.717) is 18.4 Å². The van der Waals surface area contributed by atoms with E-state index in [0.717, 1.165) is 17.1 Å². The Morgan fingerprint density at radius 3 is 2.18 bits per heavy atom. The Morgan fingerprint density at radius 2 is 1.45 bits per heavy atom. The predicted octanol–water partition coefficient (Wildman–Crippen LogP) is 3.58. The molecule has 0 bridgehead atoms. The summed E-state index contributed by atoms with van der Waals surface area (Å²) in [4.78, 5) is 0. The molecule has 0 unspecified atom stereocenters. The molecule has 112 valence electrons. The molecule has 4 heteroatoms. The van der Waals surface area contributed by atoms with Gasteiger partial charge in [-0.2, -0.15) is 0 Å². The smallest absolute Gasteiger partial charge is 0.122 e. The van der Waals surface area contributed by atoms with Gasteiger partial charge in [-0.05, 0) is 35.9 Å². The van der Waals surface area contributed by atoms with Crippen LogP contribution in [-0.4, -0.2) is 15.3 Å². The number of aromatic hydroxyl groups is 3. The van der Waals surface area contributed by atoms with Crippen molar-refractivity contribution in [2.24, 2.45) is 0 Å². The highest BCUT2D eigenvalue weighted by atomic mass is 16.3. The summed E-state index contributed by atoms with van der Waals surface area (Å²) in [5.41, 5.74) is 1.66. The fourth-order valence-electron chi connectivity index (χ4n) is 2.37. The molecule has 0 saturated carbocycles. The molecule has 1 aromatic heterocycles. The highest BCUT2D eigenvalue weighted by Crippen LogP contribution is 2.26. The van der Waals surface area contributed by atoms with Gasteiger partial charge in [0.05, 0.1) is 0 Å². The minimum absolute atomic E-state index is 0.0327. The van der Waals surface area contributed by atoms with Crippen molar-refractivity contribution >= 4 is 0 Å². The van der Waals surface area contributed by atoms with Gasteiger partial charge in [0.2, 0.25) is 0 Å². The second kappa shape index (κ2) is 5.85. The summed E-state index contributed by atoms with van der Waals surface area (Å²) in [7, 11) is 0. The molecule has 3 N–H and O–H groups in total. The summed E-state index contributed by atoms with van der Waals surface area (Å²) in [6.45, 7) is 0. The third kappa shape index (κ3) is 3.23. The zero-order valence-electron chi connectivity index (χ0n) is 11.9. The normalized spacial score (nSPS) is 10.7. The standard InChI is InChI=1S/C18H16O4/c19-14-3-1-2-12(8-14)9-16-6-7-17(22-16)10-13-4-5-15(20)11-18(13)21/h1-8,11,19-21H,9-10H2. The van der Waals surface area contributed by atoms with Gasteiger partial charge in [-0.15, -0.1) is 0 Å². The Balaban J connectivity index is 1.73. The molecule has 2 aromatic carbocycles. The van der Waals surface area contributed by atoms with Crippen molar-refractivity contribution in [3.8, 4) is 17.2 Å². The largest absolute Gasteiger partial charge is 0.508 e. The van der Waals surface area contributed by atoms with Gasteiger partial charge in [-0.1, -0.05) is 18.2 Å². The lowest BCUT2D eigenvalue weighted by molar-refractivity contribution is 0.441. The third-order valence-electron chi connectivity index (χ3n) is 3.44. The maximum atomic E-state index is 9.80. The van der Waals surface area contributed by atoms with E-state index in [4.69, 9.17) is 4.42 Å².